The van der Waals surface area contributed by atoms with Crippen molar-refractivity contribution in [3.63, 3.8) is 0 Å². The Morgan fingerprint density at radius 3 is 2.52 bits per heavy atom. The molecule has 0 atom stereocenters. The molecule has 2 aromatic rings. The minimum atomic E-state index is -4.59. The van der Waals surface area contributed by atoms with E-state index in [9.17, 15) is 13.2 Å². The number of aryl methyl sites for hydroxylation is 1. The lowest BCUT2D eigenvalue weighted by Gasteiger charge is -2.18. The van der Waals surface area contributed by atoms with Crippen LogP contribution in [0.15, 0.2) is 12.1 Å². The number of fused-ring (bicyclic) bond motifs is 2. The molecule has 0 fully saturated rings. The van der Waals surface area contributed by atoms with Crippen molar-refractivity contribution in [2.45, 2.75) is 19.1 Å². The second-order valence-electron chi connectivity index (χ2n) is 4.48. The van der Waals surface area contributed by atoms with Gasteiger partial charge in [-0.25, -0.2) is 4.98 Å². The average Bonchev–Trinajstić information content (AvgIpc) is 2.80. The number of halogens is 3. The minimum absolute atomic E-state index is 0.0387. The van der Waals surface area contributed by atoms with E-state index in [2.05, 4.69) is 4.98 Å². The Morgan fingerprint density at radius 1 is 1.24 bits per heavy atom. The first-order valence-electron chi connectivity index (χ1n) is 6.25. The fraction of sp³-hybridized carbons (Fsp3) is 0.385. The van der Waals surface area contributed by atoms with Gasteiger partial charge in [0, 0.05) is 18.7 Å². The summed E-state index contributed by atoms with van der Waals surface area (Å²) in [4.78, 5) is 3.64. The summed E-state index contributed by atoms with van der Waals surface area (Å²) in [5.41, 5.74) is 0.450. The van der Waals surface area contributed by atoms with Gasteiger partial charge in [-0.15, -0.1) is 0 Å². The maximum absolute atomic E-state index is 13.1. The highest BCUT2D eigenvalue weighted by molar-refractivity contribution is 5.81. The molecule has 1 aliphatic rings. The summed E-state index contributed by atoms with van der Waals surface area (Å²) in [5.74, 6) is -0.247. The van der Waals surface area contributed by atoms with E-state index in [-0.39, 0.29) is 24.0 Å². The summed E-state index contributed by atoms with van der Waals surface area (Å²) in [7, 11) is 0. The number of rotatable bonds is 2. The van der Waals surface area contributed by atoms with E-state index in [1.165, 1.54) is 12.1 Å². The maximum Gasteiger partial charge on any atom is 0.449 e. The SMILES string of the molecule is N#CCCn1c(C(F)(F)F)nc2cc3c(cc21)OCCO3. The van der Waals surface area contributed by atoms with Crippen LogP contribution < -0.4 is 9.47 Å². The van der Waals surface area contributed by atoms with E-state index < -0.39 is 12.0 Å². The van der Waals surface area contributed by atoms with Gasteiger partial charge in [0.05, 0.1) is 23.5 Å². The summed E-state index contributed by atoms with van der Waals surface area (Å²) in [5, 5.41) is 8.61. The zero-order valence-corrected chi connectivity index (χ0v) is 10.8. The molecule has 0 spiro atoms. The van der Waals surface area contributed by atoms with Gasteiger partial charge in [0.15, 0.2) is 11.5 Å². The van der Waals surface area contributed by atoms with Crippen molar-refractivity contribution in [1.29, 1.82) is 5.26 Å². The van der Waals surface area contributed by atoms with Gasteiger partial charge in [-0.2, -0.15) is 18.4 Å². The summed E-state index contributed by atoms with van der Waals surface area (Å²) < 4.78 is 50.9. The Balaban J connectivity index is 2.20. The zero-order chi connectivity index (χ0) is 15.0. The molecular formula is C13H10F3N3O2. The normalized spacial score (nSPS) is 14.2. The lowest BCUT2D eigenvalue weighted by atomic mass is 10.2. The lowest BCUT2D eigenvalue weighted by Crippen LogP contribution is -2.16. The monoisotopic (exact) mass is 297 g/mol. The number of nitrogens with zero attached hydrogens (tertiary/aromatic N) is 3. The molecule has 0 radical (unpaired) electrons. The summed E-state index contributed by atoms with van der Waals surface area (Å²) in [6.45, 7) is 0.609. The van der Waals surface area contributed by atoms with Crippen molar-refractivity contribution in [3.05, 3.63) is 18.0 Å². The van der Waals surface area contributed by atoms with Crippen LogP contribution >= 0.6 is 0 Å². The smallest absolute Gasteiger partial charge is 0.449 e. The second-order valence-corrected chi connectivity index (χ2v) is 4.48. The highest BCUT2D eigenvalue weighted by Gasteiger charge is 2.37. The van der Waals surface area contributed by atoms with Gasteiger partial charge in [-0.3, -0.25) is 0 Å². The zero-order valence-electron chi connectivity index (χ0n) is 10.8. The van der Waals surface area contributed by atoms with Gasteiger partial charge >= 0.3 is 6.18 Å². The molecule has 0 N–H and O–H groups in total. The molecule has 1 aliphatic heterocycles. The van der Waals surface area contributed by atoms with E-state index in [1.807, 2.05) is 6.07 Å². The number of hydrogen-bond donors (Lipinski definition) is 0. The molecule has 21 heavy (non-hydrogen) atoms. The van der Waals surface area contributed by atoms with Gasteiger partial charge < -0.3 is 14.0 Å². The van der Waals surface area contributed by atoms with Crippen molar-refractivity contribution < 1.29 is 22.6 Å². The van der Waals surface area contributed by atoms with Crippen molar-refractivity contribution in [2.75, 3.05) is 13.2 Å². The minimum Gasteiger partial charge on any atom is -0.486 e. The third-order valence-corrected chi connectivity index (χ3v) is 3.11. The average molecular weight is 297 g/mol. The molecule has 5 nitrogen and oxygen atoms in total. The first-order valence-corrected chi connectivity index (χ1v) is 6.25. The van der Waals surface area contributed by atoms with Crippen LogP contribution in [0.4, 0.5) is 13.2 Å². The molecule has 8 heteroatoms. The highest BCUT2D eigenvalue weighted by Crippen LogP contribution is 2.38. The first kappa shape index (κ1) is 13.5. The number of alkyl halides is 3. The quantitative estimate of drug-likeness (QED) is 0.855. The van der Waals surface area contributed by atoms with Gasteiger partial charge in [0.2, 0.25) is 5.82 Å². The van der Waals surface area contributed by atoms with Crippen LogP contribution in [0, 0.1) is 11.3 Å². The van der Waals surface area contributed by atoms with Crippen LogP contribution in [0.2, 0.25) is 0 Å². The van der Waals surface area contributed by atoms with Gasteiger partial charge in [0.25, 0.3) is 0 Å². The van der Waals surface area contributed by atoms with Gasteiger partial charge in [0.1, 0.15) is 13.2 Å². The standard InChI is InChI=1S/C13H10F3N3O2/c14-13(15,16)12-18-8-6-10-11(21-5-4-20-10)7-9(8)19(12)3-1-2-17/h6-7H,1,3-5H2. The number of nitriles is 1. The highest BCUT2D eigenvalue weighted by atomic mass is 19.4. The molecule has 110 valence electrons. The van der Waals surface area contributed by atoms with Crippen LogP contribution in [-0.4, -0.2) is 22.8 Å². The van der Waals surface area contributed by atoms with Crippen LogP contribution in [-0.2, 0) is 12.7 Å². The van der Waals surface area contributed by atoms with Crippen LogP contribution in [0.3, 0.4) is 0 Å². The molecule has 0 saturated carbocycles. The van der Waals surface area contributed by atoms with Crippen molar-refractivity contribution in [3.8, 4) is 17.6 Å². The molecule has 0 aliphatic carbocycles. The predicted octanol–water partition coefficient (Wildman–Crippen LogP) is 2.74. The first-order chi connectivity index (χ1) is 10.0. The molecule has 0 saturated heterocycles. The molecule has 0 amide bonds. The van der Waals surface area contributed by atoms with Gasteiger partial charge in [-0.05, 0) is 0 Å². The summed E-state index contributed by atoms with van der Waals surface area (Å²) in [6.07, 6.45) is -4.63. The lowest BCUT2D eigenvalue weighted by molar-refractivity contribution is -0.146. The van der Waals surface area contributed by atoms with Crippen molar-refractivity contribution >= 4 is 11.0 Å². The Hall–Kier alpha value is -2.43. The molecule has 1 aromatic carbocycles. The van der Waals surface area contributed by atoms with Crippen LogP contribution in [0.1, 0.15) is 12.2 Å². The summed E-state index contributed by atoms with van der Waals surface area (Å²) >= 11 is 0. The van der Waals surface area contributed by atoms with Crippen LogP contribution in [0.25, 0.3) is 11.0 Å². The number of benzene rings is 1. The van der Waals surface area contributed by atoms with E-state index in [4.69, 9.17) is 14.7 Å². The van der Waals surface area contributed by atoms with Crippen LogP contribution in [0.5, 0.6) is 11.5 Å². The fourth-order valence-electron chi connectivity index (χ4n) is 2.27. The largest absolute Gasteiger partial charge is 0.486 e. The number of hydrogen-bond acceptors (Lipinski definition) is 4. The van der Waals surface area contributed by atoms with E-state index in [0.29, 0.717) is 24.7 Å². The molecule has 1 aromatic heterocycles. The molecule has 0 unspecified atom stereocenters. The molecule has 0 bridgehead atoms. The number of imidazole rings is 1. The third kappa shape index (κ3) is 2.35. The summed E-state index contributed by atoms with van der Waals surface area (Å²) in [6, 6.07) is 4.75. The number of aromatic nitrogens is 2. The second kappa shape index (κ2) is 4.84. The Kier molecular flexibility index (Phi) is 3.12. The topological polar surface area (TPSA) is 60.1 Å². The predicted molar refractivity (Wildman–Crippen MR) is 66.0 cm³/mol. The maximum atomic E-state index is 13.1. The van der Waals surface area contributed by atoms with E-state index in [1.54, 1.807) is 0 Å². The molecule has 2 heterocycles. The fourth-order valence-corrected chi connectivity index (χ4v) is 2.27. The Morgan fingerprint density at radius 2 is 1.90 bits per heavy atom. The van der Waals surface area contributed by atoms with Crippen molar-refractivity contribution in [2.24, 2.45) is 0 Å². The van der Waals surface area contributed by atoms with Gasteiger partial charge in [-0.1, -0.05) is 0 Å². The molecular weight excluding hydrogens is 287 g/mol. The molecule has 3 rings (SSSR count). The Labute approximate surface area is 117 Å². The van der Waals surface area contributed by atoms with E-state index in [0.717, 1.165) is 4.57 Å². The number of ether oxygens (including phenoxy) is 2. The third-order valence-electron chi connectivity index (χ3n) is 3.11. The van der Waals surface area contributed by atoms with Crippen molar-refractivity contribution in [1.82, 2.24) is 9.55 Å². The Bertz CT molecular complexity index is 731. The van der Waals surface area contributed by atoms with E-state index >= 15 is 0 Å².